The summed E-state index contributed by atoms with van der Waals surface area (Å²) in [4.78, 5) is 21.4. The SMILES string of the molecule is O=C1OCC(CCSCCOCCSCCC2COC(=O)O2)O1. The predicted molar refractivity (Wildman–Crippen MR) is 87.1 cm³/mol. The summed E-state index contributed by atoms with van der Waals surface area (Å²) in [6, 6.07) is 0. The third-order valence-electron chi connectivity index (χ3n) is 3.21. The molecule has 7 nitrogen and oxygen atoms in total. The quantitative estimate of drug-likeness (QED) is 0.382. The van der Waals surface area contributed by atoms with Crippen LogP contribution in [-0.2, 0) is 23.7 Å². The van der Waals surface area contributed by atoms with Crippen molar-refractivity contribution in [1.82, 2.24) is 0 Å². The lowest BCUT2D eigenvalue weighted by atomic mass is 10.3. The van der Waals surface area contributed by atoms with Gasteiger partial charge in [-0.15, -0.1) is 0 Å². The third kappa shape index (κ3) is 8.03. The Morgan fingerprint density at radius 1 is 0.826 bits per heavy atom. The lowest BCUT2D eigenvalue weighted by molar-refractivity contribution is 0.116. The Kier molecular flexibility index (Phi) is 8.77. The van der Waals surface area contributed by atoms with E-state index in [0.717, 1.165) is 49.1 Å². The van der Waals surface area contributed by atoms with Crippen LogP contribution in [0.3, 0.4) is 0 Å². The molecule has 0 aliphatic carbocycles. The van der Waals surface area contributed by atoms with Gasteiger partial charge in [-0.25, -0.2) is 9.59 Å². The summed E-state index contributed by atoms with van der Waals surface area (Å²) in [5.41, 5.74) is 0. The van der Waals surface area contributed by atoms with Crippen LogP contribution in [0.5, 0.6) is 0 Å². The topological polar surface area (TPSA) is 80.3 Å². The maximum atomic E-state index is 10.7. The number of ether oxygens (including phenoxy) is 5. The standard InChI is InChI=1S/C14H22O7S2/c15-13-18-9-11(20-13)1-5-22-7-3-17-4-8-23-6-2-12-10-19-14(16)21-12/h11-12H,1-10H2. The molecule has 0 saturated carbocycles. The molecule has 0 amide bonds. The highest BCUT2D eigenvalue weighted by atomic mass is 32.2. The van der Waals surface area contributed by atoms with Gasteiger partial charge in [0.15, 0.2) is 0 Å². The molecule has 2 unspecified atom stereocenters. The van der Waals surface area contributed by atoms with Crippen molar-refractivity contribution >= 4 is 35.8 Å². The Bertz CT molecular complexity index is 346. The van der Waals surface area contributed by atoms with Gasteiger partial charge in [0.05, 0.1) is 13.2 Å². The average molecular weight is 366 g/mol. The molecule has 2 aliphatic heterocycles. The van der Waals surface area contributed by atoms with E-state index in [1.54, 1.807) is 23.5 Å². The van der Waals surface area contributed by atoms with E-state index in [1.165, 1.54) is 0 Å². The van der Waals surface area contributed by atoms with Crippen LogP contribution in [0.15, 0.2) is 0 Å². The van der Waals surface area contributed by atoms with Gasteiger partial charge in [0.1, 0.15) is 25.4 Å². The summed E-state index contributed by atoms with van der Waals surface area (Å²) >= 11 is 3.57. The molecule has 2 saturated heterocycles. The number of thioether (sulfide) groups is 2. The predicted octanol–water partition coefficient (Wildman–Crippen LogP) is 2.32. The number of carbonyl (C=O) groups is 2. The molecule has 0 N–H and O–H groups in total. The average Bonchev–Trinajstić information content (AvgIpc) is 3.13. The molecule has 2 heterocycles. The number of rotatable bonds is 12. The van der Waals surface area contributed by atoms with Crippen molar-refractivity contribution < 1.29 is 33.3 Å². The van der Waals surface area contributed by atoms with Gasteiger partial charge in [-0.3, -0.25) is 0 Å². The van der Waals surface area contributed by atoms with E-state index in [4.69, 9.17) is 23.7 Å². The van der Waals surface area contributed by atoms with Crippen molar-refractivity contribution in [3.8, 4) is 0 Å². The molecule has 0 radical (unpaired) electrons. The molecule has 0 aromatic heterocycles. The first kappa shape index (κ1) is 18.5. The van der Waals surface area contributed by atoms with Crippen LogP contribution in [0.25, 0.3) is 0 Å². The maximum Gasteiger partial charge on any atom is 0.508 e. The molecule has 2 aliphatic rings. The van der Waals surface area contributed by atoms with E-state index in [2.05, 4.69) is 0 Å². The van der Waals surface area contributed by atoms with Crippen molar-refractivity contribution in [2.45, 2.75) is 25.0 Å². The molecular formula is C14H22O7S2. The first-order valence-electron chi connectivity index (χ1n) is 7.64. The summed E-state index contributed by atoms with van der Waals surface area (Å²) in [7, 11) is 0. The molecule has 0 bridgehead atoms. The summed E-state index contributed by atoms with van der Waals surface area (Å²) in [5.74, 6) is 3.73. The summed E-state index contributed by atoms with van der Waals surface area (Å²) < 4.78 is 24.9. The van der Waals surface area contributed by atoms with E-state index in [0.29, 0.717) is 13.2 Å². The molecule has 0 aromatic rings. The lowest BCUT2D eigenvalue weighted by Crippen LogP contribution is -2.11. The highest BCUT2D eigenvalue weighted by Gasteiger charge is 2.24. The smallest absolute Gasteiger partial charge is 0.430 e. The van der Waals surface area contributed by atoms with Gasteiger partial charge in [0.2, 0.25) is 0 Å². The van der Waals surface area contributed by atoms with Crippen LogP contribution < -0.4 is 0 Å². The Morgan fingerprint density at radius 2 is 1.30 bits per heavy atom. The normalized spacial score (nSPS) is 23.3. The van der Waals surface area contributed by atoms with Gasteiger partial charge in [-0.1, -0.05) is 0 Å². The second-order valence-corrected chi connectivity index (χ2v) is 7.47. The van der Waals surface area contributed by atoms with Gasteiger partial charge in [-0.2, -0.15) is 23.5 Å². The fourth-order valence-corrected chi connectivity index (χ4v) is 3.72. The van der Waals surface area contributed by atoms with Crippen LogP contribution in [0.4, 0.5) is 9.59 Å². The van der Waals surface area contributed by atoms with Crippen molar-refractivity contribution in [2.24, 2.45) is 0 Å². The van der Waals surface area contributed by atoms with E-state index >= 15 is 0 Å². The van der Waals surface area contributed by atoms with Crippen molar-refractivity contribution in [1.29, 1.82) is 0 Å². The van der Waals surface area contributed by atoms with Crippen LogP contribution in [-0.4, -0.2) is 74.0 Å². The van der Waals surface area contributed by atoms with Gasteiger partial charge < -0.3 is 23.7 Å². The zero-order chi connectivity index (χ0) is 16.3. The summed E-state index contributed by atoms with van der Waals surface area (Å²) in [5, 5.41) is 0. The van der Waals surface area contributed by atoms with Crippen molar-refractivity contribution in [3.63, 3.8) is 0 Å². The van der Waals surface area contributed by atoms with E-state index in [1.807, 2.05) is 0 Å². The number of carbonyl (C=O) groups excluding carboxylic acids is 2. The van der Waals surface area contributed by atoms with Crippen LogP contribution in [0.2, 0.25) is 0 Å². The van der Waals surface area contributed by atoms with Crippen molar-refractivity contribution in [3.05, 3.63) is 0 Å². The molecule has 0 aromatic carbocycles. The Hall–Kier alpha value is -0.800. The van der Waals surface area contributed by atoms with Crippen LogP contribution in [0.1, 0.15) is 12.8 Å². The van der Waals surface area contributed by atoms with Gasteiger partial charge in [-0.05, 0) is 24.3 Å². The first-order valence-corrected chi connectivity index (χ1v) is 9.95. The maximum absolute atomic E-state index is 10.7. The number of hydrogen-bond acceptors (Lipinski definition) is 9. The molecule has 2 rings (SSSR count). The second-order valence-electron chi connectivity index (χ2n) is 5.02. The summed E-state index contributed by atoms with van der Waals surface area (Å²) in [6.07, 6.45) is 0.358. The Balaban J connectivity index is 1.28. The fraction of sp³-hybridized carbons (Fsp3) is 0.857. The van der Waals surface area contributed by atoms with Crippen LogP contribution in [0, 0.1) is 0 Å². The minimum absolute atomic E-state index is 0.0862. The molecular weight excluding hydrogens is 344 g/mol. The largest absolute Gasteiger partial charge is 0.508 e. The Morgan fingerprint density at radius 3 is 1.70 bits per heavy atom. The van der Waals surface area contributed by atoms with E-state index in [9.17, 15) is 9.59 Å². The van der Waals surface area contributed by atoms with Crippen molar-refractivity contribution in [2.75, 3.05) is 49.4 Å². The minimum atomic E-state index is -0.556. The highest BCUT2D eigenvalue weighted by molar-refractivity contribution is 7.99. The first-order chi connectivity index (χ1) is 11.2. The van der Waals surface area contributed by atoms with E-state index in [-0.39, 0.29) is 12.2 Å². The van der Waals surface area contributed by atoms with Gasteiger partial charge >= 0.3 is 12.3 Å². The fourth-order valence-electron chi connectivity index (χ4n) is 1.99. The summed E-state index contributed by atoms with van der Waals surface area (Å²) in [6.45, 7) is 2.19. The molecule has 132 valence electrons. The number of cyclic esters (lactones) is 4. The molecule has 2 fully saturated rings. The lowest BCUT2D eigenvalue weighted by Gasteiger charge is -2.07. The van der Waals surface area contributed by atoms with E-state index < -0.39 is 12.3 Å². The van der Waals surface area contributed by atoms with Gasteiger partial charge in [0, 0.05) is 11.5 Å². The highest BCUT2D eigenvalue weighted by Crippen LogP contribution is 2.14. The third-order valence-corrected chi connectivity index (χ3v) is 5.17. The molecule has 2 atom stereocenters. The molecule has 9 heteroatoms. The number of hydrogen-bond donors (Lipinski definition) is 0. The molecule has 0 spiro atoms. The molecule has 23 heavy (non-hydrogen) atoms. The zero-order valence-electron chi connectivity index (χ0n) is 12.9. The monoisotopic (exact) mass is 366 g/mol. The Labute approximate surface area is 144 Å². The second kappa shape index (κ2) is 10.9. The zero-order valence-corrected chi connectivity index (χ0v) is 14.5. The van der Waals surface area contributed by atoms with Gasteiger partial charge in [0.25, 0.3) is 0 Å². The van der Waals surface area contributed by atoms with Crippen LogP contribution >= 0.6 is 23.5 Å². The minimum Gasteiger partial charge on any atom is -0.430 e.